The van der Waals surface area contributed by atoms with Gasteiger partial charge in [0.05, 0.1) is 17.6 Å². The number of halogens is 1. The molecule has 4 nitrogen and oxygen atoms in total. The number of pyridine rings is 1. The molecule has 0 aliphatic carbocycles. The molecule has 0 aliphatic heterocycles. The minimum absolute atomic E-state index is 0.378. The standard InChI is InChI=1S/C18H17ClN2O2/c1-4-20-16(7-12(2)18(22)23-3)9-13-5-6-17-14(8-13)10-15(19)11-21-17/h4-8,10-11H,1,9H2,2-3H3/b12-7+,20-16?. The molecular weight excluding hydrogens is 312 g/mol. The van der Waals surface area contributed by atoms with Crippen LogP contribution in [0.3, 0.4) is 0 Å². The molecule has 0 unspecified atom stereocenters. The molecule has 118 valence electrons. The van der Waals surface area contributed by atoms with Gasteiger partial charge in [0.25, 0.3) is 0 Å². The second-order valence-electron chi connectivity index (χ2n) is 4.98. The fourth-order valence-electron chi connectivity index (χ4n) is 2.19. The van der Waals surface area contributed by atoms with E-state index < -0.39 is 0 Å². The lowest BCUT2D eigenvalue weighted by Gasteiger charge is -2.05. The van der Waals surface area contributed by atoms with Crippen LogP contribution in [0, 0.1) is 0 Å². The first-order chi connectivity index (χ1) is 11.0. The summed E-state index contributed by atoms with van der Waals surface area (Å²) in [5.41, 5.74) is 3.12. The number of nitrogens with zero attached hydrogens (tertiary/aromatic N) is 2. The zero-order chi connectivity index (χ0) is 16.8. The number of hydrogen-bond acceptors (Lipinski definition) is 4. The summed E-state index contributed by atoms with van der Waals surface area (Å²) in [4.78, 5) is 20.0. The second kappa shape index (κ2) is 7.70. The fraction of sp³-hybridized carbons (Fsp3) is 0.167. The van der Waals surface area contributed by atoms with Crippen molar-refractivity contribution in [3.05, 3.63) is 65.5 Å². The molecule has 0 aliphatic rings. The van der Waals surface area contributed by atoms with Crippen molar-refractivity contribution >= 4 is 34.2 Å². The van der Waals surface area contributed by atoms with Crippen LogP contribution < -0.4 is 0 Å². The van der Waals surface area contributed by atoms with E-state index in [9.17, 15) is 4.79 Å². The predicted molar refractivity (Wildman–Crippen MR) is 93.9 cm³/mol. The highest BCUT2D eigenvalue weighted by Gasteiger charge is 2.07. The van der Waals surface area contributed by atoms with Crippen LogP contribution in [-0.4, -0.2) is 23.8 Å². The van der Waals surface area contributed by atoms with Crippen molar-refractivity contribution < 1.29 is 9.53 Å². The van der Waals surface area contributed by atoms with Crippen molar-refractivity contribution in [1.29, 1.82) is 0 Å². The van der Waals surface area contributed by atoms with E-state index in [2.05, 4.69) is 16.6 Å². The van der Waals surface area contributed by atoms with Gasteiger partial charge in [-0.25, -0.2) is 4.79 Å². The van der Waals surface area contributed by atoms with Crippen LogP contribution in [0.15, 0.2) is 59.9 Å². The van der Waals surface area contributed by atoms with E-state index in [0.717, 1.165) is 22.2 Å². The molecule has 23 heavy (non-hydrogen) atoms. The molecule has 0 saturated heterocycles. The van der Waals surface area contributed by atoms with Gasteiger partial charge in [-0.2, -0.15) is 0 Å². The van der Waals surface area contributed by atoms with Crippen LogP contribution in [0.4, 0.5) is 0 Å². The summed E-state index contributed by atoms with van der Waals surface area (Å²) in [5.74, 6) is -0.378. The quantitative estimate of drug-likeness (QED) is 0.471. The molecule has 1 aromatic carbocycles. The third-order valence-electron chi connectivity index (χ3n) is 3.25. The molecule has 1 heterocycles. The number of carbonyl (C=O) groups is 1. The molecule has 2 rings (SSSR count). The first-order valence-electron chi connectivity index (χ1n) is 7.02. The van der Waals surface area contributed by atoms with Gasteiger partial charge in [-0.1, -0.05) is 24.2 Å². The Hall–Kier alpha value is -2.46. The number of allylic oxidation sites excluding steroid dienone is 1. The molecule has 0 atom stereocenters. The van der Waals surface area contributed by atoms with E-state index in [4.69, 9.17) is 16.3 Å². The lowest BCUT2D eigenvalue weighted by molar-refractivity contribution is -0.136. The molecule has 0 spiro atoms. The number of benzene rings is 1. The molecular formula is C18H17ClN2O2. The van der Waals surface area contributed by atoms with Gasteiger partial charge >= 0.3 is 5.97 Å². The summed E-state index contributed by atoms with van der Waals surface area (Å²) in [7, 11) is 1.35. The van der Waals surface area contributed by atoms with E-state index in [1.165, 1.54) is 13.3 Å². The number of esters is 1. The largest absolute Gasteiger partial charge is 0.466 e. The average Bonchev–Trinajstić information content (AvgIpc) is 2.53. The monoisotopic (exact) mass is 328 g/mol. The Morgan fingerprint density at radius 1 is 1.43 bits per heavy atom. The Bertz CT molecular complexity index is 810. The van der Waals surface area contributed by atoms with Crippen LogP contribution >= 0.6 is 11.6 Å². The van der Waals surface area contributed by atoms with E-state index >= 15 is 0 Å². The minimum Gasteiger partial charge on any atom is -0.466 e. The van der Waals surface area contributed by atoms with Crippen molar-refractivity contribution in [2.24, 2.45) is 4.99 Å². The molecule has 2 aromatic rings. The minimum atomic E-state index is -0.378. The molecule has 0 radical (unpaired) electrons. The van der Waals surface area contributed by atoms with Gasteiger partial charge in [-0.3, -0.25) is 9.98 Å². The Morgan fingerprint density at radius 2 is 2.22 bits per heavy atom. The summed E-state index contributed by atoms with van der Waals surface area (Å²) >= 11 is 5.99. The average molecular weight is 329 g/mol. The summed E-state index contributed by atoms with van der Waals surface area (Å²) < 4.78 is 4.70. The molecule has 0 bridgehead atoms. The maximum atomic E-state index is 11.5. The van der Waals surface area contributed by atoms with Gasteiger partial charge in [0.1, 0.15) is 0 Å². The number of methoxy groups -OCH3 is 1. The lowest BCUT2D eigenvalue weighted by atomic mass is 10.0. The summed E-state index contributed by atoms with van der Waals surface area (Å²) in [5, 5.41) is 1.55. The fourth-order valence-corrected chi connectivity index (χ4v) is 2.36. The first kappa shape index (κ1) is 16.9. The lowest BCUT2D eigenvalue weighted by Crippen LogP contribution is -2.06. The molecule has 1 aromatic heterocycles. The van der Waals surface area contributed by atoms with Crippen LogP contribution in [0.25, 0.3) is 10.9 Å². The Labute approximate surface area is 140 Å². The Balaban J connectivity index is 2.32. The highest BCUT2D eigenvalue weighted by Crippen LogP contribution is 2.19. The zero-order valence-electron chi connectivity index (χ0n) is 13.0. The third-order valence-corrected chi connectivity index (χ3v) is 3.45. The normalized spacial score (nSPS) is 12.3. The van der Waals surface area contributed by atoms with Crippen molar-refractivity contribution in [3.8, 4) is 0 Å². The molecule has 0 saturated carbocycles. The summed E-state index contributed by atoms with van der Waals surface area (Å²) in [6.07, 6.45) is 5.34. The van der Waals surface area contributed by atoms with Crippen molar-refractivity contribution in [1.82, 2.24) is 4.98 Å². The van der Waals surface area contributed by atoms with E-state index in [1.54, 1.807) is 19.2 Å². The van der Waals surface area contributed by atoms with Gasteiger partial charge in [0.2, 0.25) is 0 Å². The number of aliphatic imine (C=N–C) groups is 1. The van der Waals surface area contributed by atoms with Gasteiger partial charge in [-0.05, 0) is 36.8 Å². The molecule has 0 N–H and O–H groups in total. The SMILES string of the molecule is C=CN=C(/C=C(\C)C(=O)OC)Cc1ccc2ncc(Cl)cc2c1. The van der Waals surface area contributed by atoms with Crippen LogP contribution in [0.5, 0.6) is 0 Å². The molecule has 5 heteroatoms. The molecule has 0 fully saturated rings. The number of ether oxygens (including phenoxy) is 1. The van der Waals surface area contributed by atoms with Crippen molar-refractivity contribution in [3.63, 3.8) is 0 Å². The number of rotatable bonds is 5. The summed E-state index contributed by atoms with van der Waals surface area (Å²) in [6, 6.07) is 7.79. The topological polar surface area (TPSA) is 51.5 Å². The first-order valence-corrected chi connectivity index (χ1v) is 7.39. The Kier molecular flexibility index (Phi) is 5.66. The Morgan fingerprint density at radius 3 is 2.91 bits per heavy atom. The predicted octanol–water partition coefficient (Wildman–Crippen LogP) is 4.13. The van der Waals surface area contributed by atoms with Crippen LogP contribution in [0.2, 0.25) is 5.02 Å². The van der Waals surface area contributed by atoms with Gasteiger partial charge in [-0.15, -0.1) is 0 Å². The number of hydrogen-bond donors (Lipinski definition) is 0. The third kappa shape index (κ3) is 4.50. The number of aromatic nitrogens is 1. The number of fused-ring (bicyclic) bond motifs is 1. The van der Waals surface area contributed by atoms with Crippen molar-refractivity contribution in [2.45, 2.75) is 13.3 Å². The van der Waals surface area contributed by atoms with Crippen molar-refractivity contribution in [2.75, 3.05) is 7.11 Å². The highest BCUT2D eigenvalue weighted by atomic mass is 35.5. The number of carbonyl (C=O) groups excluding carboxylic acids is 1. The van der Waals surface area contributed by atoms with E-state index in [1.807, 2.05) is 24.3 Å². The van der Waals surface area contributed by atoms with Gasteiger partial charge in [0.15, 0.2) is 0 Å². The van der Waals surface area contributed by atoms with Crippen LogP contribution in [-0.2, 0) is 16.0 Å². The highest BCUT2D eigenvalue weighted by molar-refractivity contribution is 6.31. The van der Waals surface area contributed by atoms with Crippen LogP contribution in [0.1, 0.15) is 12.5 Å². The second-order valence-corrected chi connectivity index (χ2v) is 5.42. The molecule has 0 amide bonds. The maximum absolute atomic E-state index is 11.5. The van der Waals surface area contributed by atoms with E-state index in [-0.39, 0.29) is 5.97 Å². The van der Waals surface area contributed by atoms with Gasteiger partial charge in [0, 0.05) is 35.5 Å². The summed E-state index contributed by atoms with van der Waals surface area (Å²) in [6.45, 7) is 5.30. The van der Waals surface area contributed by atoms with Gasteiger partial charge < -0.3 is 4.74 Å². The smallest absolute Gasteiger partial charge is 0.333 e. The zero-order valence-corrected chi connectivity index (χ0v) is 13.8. The van der Waals surface area contributed by atoms with E-state index in [0.29, 0.717) is 17.0 Å². The maximum Gasteiger partial charge on any atom is 0.333 e.